The van der Waals surface area contributed by atoms with Gasteiger partial charge in [-0.2, -0.15) is 13.2 Å². The van der Waals surface area contributed by atoms with E-state index in [1.54, 1.807) is 6.92 Å². The van der Waals surface area contributed by atoms with Crippen LogP contribution < -0.4 is 10.1 Å². The Balaban J connectivity index is 3.11. The number of hydrogen-bond acceptors (Lipinski definition) is 2. The minimum absolute atomic E-state index is 0.00618. The van der Waals surface area contributed by atoms with Gasteiger partial charge in [-0.05, 0) is 25.1 Å². The van der Waals surface area contributed by atoms with Gasteiger partial charge in [-0.3, -0.25) is 4.79 Å². The maximum absolute atomic E-state index is 12.4. The minimum atomic E-state index is -4.44. The highest BCUT2D eigenvalue weighted by Gasteiger charge is 2.31. The molecule has 0 radical (unpaired) electrons. The van der Waals surface area contributed by atoms with Gasteiger partial charge >= 0.3 is 6.18 Å². The number of ether oxygens (including phenoxy) is 1. The van der Waals surface area contributed by atoms with Gasteiger partial charge in [0, 0.05) is 0 Å². The molecule has 0 aromatic heterocycles. The van der Waals surface area contributed by atoms with Crippen molar-refractivity contribution >= 4 is 12.1 Å². The number of benzene rings is 1. The first-order valence-electron chi connectivity index (χ1n) is 4.53. The molecule has 1 aromatic rings. The van der Waals surface area contributed by atoms with Crippen LogP contribution in [0.5, 0.6) is 5.75 Å². The van der Waals surface area contributed by atoms with Crippen LogP contribution in [0.1, 0.15) is 12.5 Å². The number of hydrogen-bond donors (Lipinski definition) is 1. The van der Waals surface area contributed by atoms with Crippen molar-refractivity contribution in [1.29, 1.82) is 0 Å². The van der Waals surface area contributed by atoms with Crippen LogP contribution in [0.2, 0.25) is 0 Å². The molecule has 1 aromatic carbocycles. The highest BCUT2D eigenvalue weighted by atomic mass is 19.4. The molecule has 0 fully saturated rings. The summed E-state index contributed by atoms with van der Waals surface area (Å²) in [5.74, 6) is 0.211. The Morgan fingerprint density at radius 2 is 2.12 bits per heavy atom. The van der Waals surface area contributed by atoms with E-state index in [9.17, 15) is 18.0 Å². The third kappa shape index (κ3) is 2.88. The fraction of sp³-hybridized carbons (Fsp3) is 0.300. The van der Waals surface area contributed by atoms with Crippen molar-refractivity contribution < 1.29 is 22.7 Å². The molecule has 0 aliphatic heterocycles. The number of halogens is 3. The zero-order chi connectivity index (χ0) is 12.2. The van der Waals surface area contributed by atoms with E-state index in [2.05, 4.69) is 5.32 Å². The van der Waals surface area contributed by atoms with Gasteiger partial charge in [0.25, 0.3) is 0 Å². The topological polar surface area (TPSA) is 38.3 Å². The smallest absolute Gasteiger partial charge is 0.416 e. The van der Waals surface area contributed by atoms with E-state index in [4.69, 9.17) is 4.74 Å². The van der Waals surface area contributed by atoms with Gasteiger partial charge in [0.05, 0.1) is 17.9 Å². The molecule has 0 bridgehead atoms. The predicted molar refractivity (Wildman–Crippen MR) is 52.3 cm³/mol. The minimum Gasteiger partial charge on any atom is -0.492 e. The Morgan fingerprint density at radius 1 is 1.44 bits per heavy atom. The summed E-state index contributed by atoms with van der Waals surface area (Å²) in [7, 11) is 0. The van der Waals surface area contributed by atoms with Crippen molar-refractivity contribution in [3.8, 4) is 5.75 Å². The first-order chi connectivity index (χ1) is 7.49. The number of anilines is 1. The summed E-state index contributed by atoms with van der Waals surface area (Å²) in [6.07, 6.45) is -4.14. The fourth-order valence-electron chi connectivity index (χ4n) is 1.16. The third-order valence-corrected chi connectivity index (χ3v) is 1.82. The molecular weight excluding hydrogens is 223 g/mol. The van der Waals surface area contributed by atoms with Crippen LogP contribution in [0.25, 0.3) is 0 Å². The summed E-state index contributed by atoms with van der Waals surface area (Å²) in [6, 6.07) is 2.92. The summed E-state index contributed by atoms with van der Waals surface area (Å²) in [5, 5.41) is 2.17. The van der Waals surface area contributed by atoms with Crippen LogP contribution in [-0.4, -0.2) is 13.0 Å². The van der Waals surface area contributed by atoms with Crippen molar-refractivity contribution in [1.82, 2.24) is 0 Å². The molecule has 0 saturated carbocycles. The highest BCUT2D eigenvalue weighted by Crippen LogP contribution is 2.34. The van der Waals surface area contributed by atoms with Crippen LogP contribution in [0.3, 0.4) is 0 Å². The molecule has 88 valence electrons. The van der Waals surface area contributed by atoms with Gasteiger partial charge in [0.2, 0.25) is 6.41 Å². The van der Waals surface area contributed by atoms with E-state index in [1.807, 2.05) is 0 Å². The van der Waals surface area contributed by atoms with E-state index in [0.29, 0.717) is 13.0 Å². The molecule has 1 N–H and O–H groups in total. The molecule has 6 heteroatoms. The lowest BCUT2D eigenvalue weighted by Crippen LogP contribution is -2.07. The molecule has 0 saturated heterocycles. The van der Waals surface area contributed by atoms with E-state index < -0.39 is 11.7 Å². The molecule has 0 spiro atoms. The molecule has 0 atom stereocenters. The maximum Gasteiger partial charge on any atom is 0.416 e. The molecule has 3 nitrogen and oxygen atoms in total. The second-order valence-corrected chi connectivity index (χ2v) is 2.90. The summed E-state index contributed by atoms with van der Waals surface area (Å²) in [6.45, 7) is 2.00. The maximum atomic E-state index is 12.4. The van der Waals surface area contributed by atoms with Crippen molar-refractivity contribution in [2.45, 2.75) is 13.1 Å². The van der Waals surface area contributed by atoms with E-state index in [0.717, 1.165) is 12.1 Å². The van der Waals surface area contributed by atoms with Gasteiger partial charge in [0.15, 0.2) is 0 Å². The lowest BCUT2D eigenvalue weighted by atomic mass is 10.2. The van der Waals surface area contributed by atoms with Crippen LogP contribution in [-0.2, 0) is 11.0 Å². The molecular formula is C10H10F3NO2. The lowest BCUT2D eigenvalue weighted by molar-refractivity contribution is -0.137. The average molecular weight is 233 g/mol. The van der Waals surface area contributed by atoms with E-state index in [1.165, 1.54) is 6.07 Å². The third-order valence-electron chi connectivity index (χ3n) is 1.82. The Bertz CT molecular complexity index is 377. The number of carbonyl (C=O) groups is 1. The fourth-order valence-corrected chi connectivity index (χ4v) is 1.16. The molecule has 1 rings (SSSR count). The number of rotatable bonds is 4. The summed E-state index contributed by atoms with van der Waals surface area (Å²) >= 11 is 0. The van der Waals surface area contributed by atoms with Gasteiger partial charge in [-0.25, -0.2) is 0 Å². The number of alkyl halides is 3. The Labute approximate surface area is 90.2 Å². The number of carbonyl (C=O) groups excluding carboxylic acids is 1. The SMILES string of the molecule is CCOc1ccc(C(F)(F)F)cc1NC=O. The van der Waals surface area contributed by atoms with E-state index >= 15 is 0 Å². The van der Waals surface area contributed by atoms with Crippen molar-refractivity contribution in [2.75, 3.05) is 11.9 Å². The normalized spacial score (nSPS) is 11.0. The van der Waals surface area contributed by atoms with Crippen molar-refractivity contribution in [2.24, 2.45) is 0 Å². The molecule has 0 aliphatic carbocycles. The molecule has 1 amide bonds. The lowest BCUT2D eigenvalue weighted by Gasteiger charge is -2.12. The molecule has 16 heavy (non-hydrogen) atoms. The largest absolute Gasteiger partial charge is 0.492 e. The molecule has 0 heterocycles. The Hall–Kier alpha value is -1.72. The second-order valence-electron chi connectivity index (χ2n) is 2.90. The van der Waals surface area contributed by atoms with Crippen LogP contribution in [0.15, 0.2) is 18.2 Å². The van der Waals surface area contributed by atoms with Crippen LogP contribution in [0, 0.1) is 0 Å². The summed E-state index contributed by atoms with van der Waals surface area (Å²) in [4.78, 5) is 10.2. The Morgan fingerprint density at radius 3 is 2.62 bits per heavy atom. The Kier molecular flexibility index (Phi) is 3.76. The molecule has 0 unspecified atom stereocenters. The van der Waals surface area contributed by atoms with Gasteiger partial charge in [-0.1, -0.05) is 0 Å². The van der Waals surface area contributed by atoms with Gasteiger partial charge in [0.1, 0.15) is 5.75 Å². The number of nitrogens with one attached hydrogen (secondary N) is 1. The van der Waals surface area contributed by atoms with Crippen LogP contribution >= 0.6 is 0 Å². The highest BCUT2D eigenvalue weighted by molar-refractivity contribution is 5.75. The van der Waals surface area contributed by atoms with Gasteiger partial charge in [-0.15, -0.1) is 0 Å². The predicted octanol–water partition coefficient (Wildman–Crippen LogP) is 2.67. The zero-order valence-electron chi connectivity index (χ0n) is 8.47. The van der Waals surface area contributed by atoms with E-state index in [-0.39, 0.29) is 11.4 Å². The van der Waals surface area contributed by atoms with Crippen molar-refractivity contribution in [3.63, 3.8) is 0 Å². The summed E-state index contributed by atoms with van der Waals surface area (Å²) < 4.78 is 42.2. The average Bonchev–Trinajstić information content (AvgIpc) is 2.19. The van der Waals surface area contributed by atoms with Crippen LogP contribution in [0.4, 0.5) is 18.9 Å². The first-order valence-corrected chi connectivity index (χ1v) is 4.53. The standard InChI is InChI=1S/C10H10F3NO2/c1-2-16-9-4-3-7(10(11,12)13)5-8(9)14-6-15/h3-6H,2H2,1H3,(H,14,15). The summed E-state index contributed by atoms with van der Waals surface area (Å²) in [5.41, 5.74) is -0.827. The molecule has 0 aliphatic rings. The number of amides is 1. The first kappa shape index (κ1) is 12.4. The monoisotopic (exact) mass is 233 g/mol. The van der Waals surface area contributed by atoms with Crippen molar-refractivity contribution in [3.05, 3.63) is 23.8 Å². The zero-order valence-corrected chi connectivity index (χ0v) is 8.47. The quantitative estimate of drug-likeness (QED) is 0.812. The van der Waals surface area contributed by atoms with Gasteiger partial charge < -0.3 is 10.1 Å². The second kappa shape index (κ2) is 4.87.